The Morgan fingerprint density at radius 3 is 3.08 bits per heavy atom. The summed E-state index contributed by atoms with van der Waals surface area (Å²) in [4.78, 5) is 13.6. The maximum absolute atomic E-state index is 11.0. The van der Waals surface area contributed by atoms with Crippen LogP contribution in [0.4, 0.5) is 0 Å². The van der Waals surface area contributed by atoms with E-state index in [4.69, 9.17) is 0 Å². The molecule has 0 radical (unpaired) electrons. The number of pyridine rings is 1. The summed E-state index contributed by atoms with van der Waals surface area (Å²) in [6.07, 6.45) is 4.05. The number of nitrogens with one attached hydrogen (secondary N) is 2. The van der Waals surface area contributed by atoms with E-state index in [0.717, 1.165) is 18.5 Å². The van der Waals surface area contributed by atoms with Gasteiger partial charge in [0.25, 0.3) is 0 Å². The Labute approximate surface area is 70.8 Å². The van der Waals surface area contributed by atoms with E-state index in [-0.39, 0.29) is 5.56 Å². The summed E-state index contributed by atoms with van der Waals surface area (Å²) in [5.74, 6) is 0. The standard InChI is InChI=1S/C9H12N2O/c12-9-6-7(3-5-11-9)8-2-1-4-10-8/h3,5-6,8,10H,1-2,4H2,(H,11,12). The third-order valence-electron chi connectivity index (χ3n) is 2.26. The van der Waals surface area contributed by atoms with Gasteiger partial charge in [-0.15, -0.1) is 0 Å². The lowest BCUT2D eigenvalue weighted by molar-refractivity contribution is 0.646. The van der Waals surface area contributed by atoms with Gasteiger partial charge in [-0.2, -0.15) is 0 Å². The van der Waals surface area contributed by atoms with E-state index in [1.807, 2.05) is 6.07 Å². The predicted molar refractivity (Wildman–Crippen MR) is 47.0 cm³/mol. The van der Waals surface area contributed by atoms with Gasteiger partial charge in [0.15, 0.2) is 0 Å². The van der Waals surface area contributed by atoms with E-state index in [9.17, 15) is 4.79 Å². The average Bonchev–Trinajstić information content (AvgIpc) is 2.56. The van der Waals surface area contributed by atoms with Crippen LogP contribution in [0.25, 0.3) is 0 Å². The molecule has 0 saturated carbocycles. The van der Waals surface area contributed by atoms with E-state index in [2.05, 4.69) is 10.3 Å². The molecule has 64 valence electrons. The zero-order chi connectivity index (χ0) is 8.39. The van der Waals surface area contributed by atoms with Gasteiger partial charge < -0.3 is 10.3 Å². The first-order valence-electron chi connectivity index (χ1n) is 4.28. The normalized spacial score (nSPS) is 22.8. The van der Waals surface area contributed by atoms with Crippen molar-refractivity contribution in [3.05, 3.63) is 34.2 Å². The van der Waals surface area contributed by atoms with Crippen LogP contribution >= 0.6 is 0 Å². The maximum atomic E-state index is 11.0. The van der Waals surface area contributed by atoms with E-state index >= 15 is 0 Å². The topological polar surface area (TPSA) is 44.9 Å². The molecule has 0 aliphatic carbocycles. The van der Waals surface area contributed by atoms with Gasteiger partial charge in [-0.1, -0.05) is 0 Å². The van der Waals surface area contributed by atoms with Crippen molar-refractivity contribution in [3.8, 4) is 0 Å². The molecule has 0 spiro atoms. The van der Waals surface area contributed by atoms with E-state index in [0.29, 0.717) is 6.04 Å². The fraction of sp³-hybridized carbons (Fsp3) is 0.444. The molecule has 1 saturated heterocycles. The summed E-state index contributed by atoms with van der Waals surface area (Å²) >= 11 is 0. The molecular formula is C9H12N2O. The third-order valence-corrected chi connectivity index (χ3v) is 2.26. The smallest absolute Gasteiger partial charge is 0.248 e. The molecule has 1 atom stereocenters. The first-order chi connectivity index (χ1) is 5.86. The lowest BCUT2D eigenvalue weighted by Gasteiger charge is -2.08. The van der Waals surface area contributed by atoms with Crippen LogP contribution in [0.3, 0.4) is 0 Å². The van der Waals surface area contributed by atoms with Crippen molar-refractivity contribution in [3.63, 3.8) is 0 Å². The van der Waals surface area contributed by atoms with Crippen molar-refractivity contribution in [1.82, 2.24) is 10.3 Å². The zero-order valence-electron chi connectivity index (χ0n) is 6.84. The average molecular weight is 164 g/mol. The molecule has 2 N–H and O–H groups in total. The van der Waals surface area contributed by atoms with Gasteiger partial charge in [0.2, 0.25) is 5.56 Å². The molecule has 3 heteroatoms. The molecule has 3 nitrogen and oxygen atoms in total. The Kier molecular flexibility index (Phi) is 1.96. The molecule has 0 amide bonds. The van der Waals surface area contributed by atoms with Gasteiger partial charge >= 0.3 is 0 Å². The molecule has 1 fully saturated rings. The van der Waals surface area contributed by atoms with Gasteiger partial charge in [0.05, 0.1) is 0 Å². The summed E-state index contributed by atoms with van der Waals surface area (Å²) in [5, 5.41) is 3.35. The van der Waals surface area contributed by atoms with Crippen molar-refractivity contribution in [2.75, 3.05) is 6.54 Å². The number of hydrogen-bond donors (Lipinski definition) is 2. The fourth-order valence-corrected chi connectivity index (χ4v) is 1.65. The van der Waals surface area contributed by atoms with Crippen LogP contribution in [-0.2, 0) is 0 Å². The number of rotatable bonds is 1. The lowest BCUT2D eigenvalue weighted by atomic mass is 10.1. The minimum atomic E-state index is -0.0128. The van der Waals surface area contributed by atoms with Gasteiger partial charge in [-0.25, -0.2) is 0 Å². The quantitative estimate of drug-likeness (QED) is 0.644. The number of H-pyrrole nitrogens is 1. The highest BCUT2D eigenvalue weighted by molar-refractivity contribution is 5.15. The van der Waals surface area contributed by atoms with Crippen LogP contribution in [0.1, 0.15) is 24.4 Å². The maximum Gasteiger partial charge on any atom is 0.248 e. The first-order valence-corrected chi connectivity index (χ1v) is 4.28. The zero-order valence-corrected chi connectivity index (χ0v) is 6.84. The summed E-state index contributed by atoms with van der Waals surface area (Å²) in [7, 11) is 0. The van der Waals surface area contributed by atoms with Crippen LogP contribution in [0.2, 0.25) is 0 Å². The largest absolute Gasteiger partial charge is 0.329 e. The highest BCUT2D eigenvalue weighted by Gasteiger charge is 2.15. The SMILES string of the molecule is O=c1cc(C2CCCN2)cc[nH]1. The van der Waals surface area contributed by atoms with Gasteiger partial charge in [0, 0.05) is 18.3 Å². The molecule has 1 aliphatic heterocycles. The summed E-state index contributed by atoms with van der Waals surface area (Å²) < 4.78 is 0. The number of aromatic nitrogens is 1. The van der Waals surface area contributed by atoms with Crippen LogP contribution < -0.4 is 10.9 Å². The minimum Gasteiger partial charge on any atom is -0.329 e. The highest BCUT2D eigenvalue weighted by Crippen LogP contribution is 2.20. The Morgan fingerprint density at radius 1 is 1.50 bits per heavy atom. The third kappa shape index (κ3) is 1.41. The van der Waals surface area contributed by atoms with Crippen molar-refractivity contribution in [2.24, 2.45) is 0 Å². The van der Waals surface area contributed by atoms with Crippen molar-refractivity contribution in [1.29, 1.82) is 0 Å². The Balaban J connectivity index is 2.27. The highest BCUT2D eigenvalue weighted by atomic mass is 16.1. The Bertz CT molecular complexity index is 312. The van der Waals surface area contributed by atoms with E-state index in [1.165, 1.54) is 6.42 Å². The monoisotopic (exact) mass is 164 g/mol. The lowest BCUT2D eigenvalue weighted by Crippen LogP contribution is -2.15. The molecule has 1 aromatic heterocycles. The first kappa shape index (κ1) is 7.55. The van der Waals surface area contributed by atoms with Crippen LogP contribution in [0.5, 0.6) is 0 Å². The van der Waals surface area contributed by atoms with Crippen LogP contribution in [0.15, 0.2) is 23.1 Å². The molecule has 0 bridgehead atoms. The molecule has 0 aromatic carbocycles. The van der Waals surface area contributed by atoms with Gasteiger partial charge in [-0.05, 0) is 31.0 Å². The fourth-order valence-electron chi connectivity index (χ4n) is 1.65. The molecule has 12 heavy (non-hydrogen) atoms. The molecule has 1 aromatic rings. The second-order valence-corrected chi connectivity index (χ2v) is 3.14. The van der Waals surface area contributed by atoms with Crippen molar-refractivity contribution < 1.29 is 0 Å². The minimum absolute atomic E-state index is 0.0128. The summed E-state index contributed by atoms with van der Waals surface area (Å²) in [6, 6.07) is 4.03. The van der Waals surface area contributed by atoms with E-state index in [1.54, 1.807) is 12.3 Å². The van der Waals surface area contributed by atoms with Gasteiger partial charge in [0.1, 0.15) is 0 Å². The summed E-state index contributed by atoms with van der Waals surface area (Å²) in [6.45, 7) is 1.07. The summed E-state index contributed by atoms with van der Waals surface area (Å²) in [5.41, 5.74) is 1.09. The number of hydrogen-bond acceptors (Lipinski definition) is 2. The molecule has 1 unspecified atom stereocenters. The Morgan fingerprint density at radius 2 is 2.42 bits per heavy atom. The second kappa shape index (κ2) is 3.11. The Hall–Kier alpha value is -1.09. The van der Waals surface area contributed by atoms with Crippen molar-refractivity contribution in [2.45, 2.75) is 18.9 Å². The second-order valence-electron chi connectivity index (χ2n) is 3.14. The van der Waals surface area contributed by atoms with Crippen molar-refractivity contribution >= 4 is 0 Å². The van der Waals surface area contributed by atoms with Gasteiger partial charge in [-0.3, -0.25) is 4.79 Å². The number of aromatic amines is 1. The molecule has 2 rings (SSSR count). The molecule has 2 heterocycles. The van der Waals surface area contributed by atoms with Crippen LogP contribution in [-0.4, -0.2) is 11.5 Å². The van der Waals surface area contributed by atoms with E-state index < -0.39 is 0 Å². The van der Waals surface area contributed by atoms with Crippen LogP contribution in [0, 0.1) is 0 Å². The molecular weight excluding hydrogens is 152 g/mol. The molecule has 1 aliphatic rings. The predicted octanol–water partition coefficient (Wildman–Crippen LogP) is 0.799.